The summed E-state index contributed by atoms with van der Waals surface area (Å²) in [7, 11) is 0. The predicted molar refractivity (Wildman–Crippen MR) is 83.9 cm³/mol. The van der Waals surface area contributed by atoms with Gasteiger partial charge in [-0.25, -0.2) is 0 Å². The second-order valence-corrected chi connectivity index (χ2v) is 5.29. The Kier molecular flexibility index (Phi) is 4.11. The van der Waals surface area contributed by atoms with Crippen LogP contribution in [-0.4, -0.2) is 13.2 Å². The highest BCUT2D eigenvalue weighted by molar-refractivity contribution is 5.47. The Morgan fingerprint density at radius 3 is 2.62 bits per heavy atom. The average molecular weight is 283 g/mol. The number of hydrogen-bond donors (Lipinski definition) is 1. The Hall–Kier alpha value is -2.00. The summed E-state index contributed by atoms with van der Waals surface area (Å²) < 4.78 is 11.4. The third-order valence-corrected chi connectivity index (χ3v) is 3.90. The van der Waals surface area contributed by atoms with Crippen molar-refractivity contribution in [1.82, 2.24) is 0 Å². The van der Waals surface area contributed by atoms with Crippen molar-refractivity contribution in [2.75, 3.05) is 13.2 Å². The van der Waals surface area contributed by atoms with Gasteiger partial charge in [0.25, 0.3) is 0 Å². The van der Waals surface area contributed by atoms with E-state index in [0.29, 0.717) is 13.2 Å². The summed E-state index contributed by atoms with van der Waals surface area (Å²) in [6, 6.07) is 14.2. The van der Waals surface area contributed by atoms with Gasteiger partial charge >= 0.3 is 0 Å². The van der Waals surface area contributed by atoms with E-state index in [-0.39, 0.29) is 6.04 Å². The molecule has 0 radical (unpaired) electrons. The van der Waals surface area contributed by atoms with Crippen LogP contribution in [0.2, 0.25) is 0 Å². The number of hydrogen-bond acceptors (Lipinski definition) is 3. The largest absolute Gasteiger partial charge is 0.490 e. The van der Waals surface area contributed by atoms with Crippen LogP contribution >= 0.6 is 0 Å². The molecule has 0 saturated heterocycles. The van der Waals surface area contributed by atoms with Crippen LogP contribution in [0.1, 0.15) is 36.1 Å². The van der Waals surface area contributed by atoms with Crippen molar-refractivity contribution in [3.63, 3.8) is 0 Å². The van der Waals surface area contributed by atoms with Crippen molar-refractivity contribution < 1.29 is 9.47 Å². The lowest BCUT2D eigenvalue weighted by Gasteiger charge is -2.18. The average Bonchev–Trinajstić information content (AvgIpc) is 2.78. The highest BCUT2D eigenvalue weighted by Crippen LogP contribution is 2.34. The molecule has 2 aromatic rings. The number of benzene rings is 2. The standard InChI is InChI=1S/C18H21NO2/c1-2-13-6-3-4-7-15(13)18(19)14-8-9-16-17(12-14)21-11-5-10-20-16/h3-4,6-9,12,18H,2,5,10-11,19H2,1H3. The first-order valence-corrected chi connectivity index (χ1v) is 7.52. The molecule has 110 valence electrons. The van der Waals surface area contributed by atoms with Gasteiger partial charge in [0.2, 0.25) is 0 Å². The van der Waals surface area contributed by atoms with Crippen LogP contribution in [0, 0.1) is 0 Å². The minimum atomic E-state index is -0.140. The van der Waals surface area contributed by atoms with E-state index >= 15 is 0 Å². The quantitative estimate of drug-likeness (QED) is 0.938. The normalized spacial score (nSPS) is 15.3. The summed E-state index contributed by atoms with van der Waals surface area (Å²) in [4.78, 5) is 0. The monoisotopic (exact) mass is 283 g/mol. The molecule has 1 heterocycles. The van der Waals surface area contributed by atoms with Gasteiger partial charge in [0.05, 0.1) is 19.3 Å². The molecule has 0 saturated carbocycles. The van der Waals surface area contributed by atoms with Gasteiger partial charge in [-0.1, -0.05) is 37.3 Å². The molecule has 0 spiro atoms. The van der Waals surface area contributed by atoms with Crippen LogP contribution in [0.25, 0.3) is 0 Å². The van der Waals surface area contributed by atoms with E-state index < -0.39 is 0 Å². The Morgan fingerprint density at radius 1 is 1.05 bits per heavy atom. The highest BCUT2D eigenvalue weighted by Gasteiger charge is 2.16. The lowest BCUT2D eigenvalue weighted by Crippen LogP contribution is -2.14. The summed E-state index contributed by atoms with van der Waals surface area (Å²) in [6.45, 7) is 3.55. The molecule has 0 bridgehead atoms. The molecule has 1 atom stereocenters. The second-order valence-electron chi connectivity index (χ2n) is 5.29. The van der Waals surface area contributed by atoms with Crippen molar-refractivity contribution in [2.45, 2.75) is 25.8 Å². The fourth-order valence-corrected chi connectivity index (χ4v) is 2.71. The molecule has 21 heavy (non-hydrogen) atoms. The minimum absolute atomic E-state index is 0.140. The molecular formula is C18H21NO2. The lowest BCUT2D eigenvalue weighted by molar-refractivity contribution is 0.297. The van der Waals surface area contributed by atoms with Crippen LogP contribution in [0.5, 0.6) is 11.5 Å². The van der Waals surface area contributed by atoms with Crippen LogP contribution in [0.15, 0.2) is 42.5 Å². The number of aryl methyl sites for hydroxylation is 1. The molecule has 0 fully saturated rings. The van der Waals surface area contributed by atoms with Gasteiger partial charge in [0.1, 0.15) is 0 Å². The van der Waals surface area contributed by atoms with E-state index in [9.17, 15) is 0 Å². The highest BCUT2D eigenvalue weighted by atomic mass is 16.5. The molecule has 0 aliphatic carbocycles. The van der Waals surface area contributed by atoms with Crippen LogP contribution in [0.4, 0.5) is 0 Å². The number of fused-ring (bicyclic) bond motifs is 1. The van der Waals surface area contributed by atoms with E-state index in [1.807, 2.05) is 24.3 Å². The van der Waals surface area contributed by atoms with E-state index in [2.05, 4.69) is 25.1 Å². The van der Waals surface area contributed by atoms with Crippen LogP contribution in [0.3, 0.4) is 0 Å². The summed E-state index contributed by atoms with van der Waals surface area (Å²) >= 11 is 0. The van der Waals surface area contributed by atoms with E-state index in [0.717, 1.165) is 29.9 Å². The van der Waals surface area contributed by atoms with E-state index in [1.54, 1.807) is 0 Å². The third kappa shape index (κ3) is 2.88. The molecule has 1 aliphatic heterocycles. The molecule has 1 aliphatic rings. The molecule has 0 amide bonds. The molecule has 2 aromatic carbocycles. The zero-order valence-corrected chi connectivity index (χ0v) is 12.3. The van der Waals surface area contributed by atoms with Gasteiger partial charge < -0.3 is 15.2 Å². The van der Waals surface area contributed by atoms with Crippen molar-refractivity contribution >= 4 is 0 Å². The summed E-state index contributed by atoms with van der Waals surface area (Å²) in [5, 5.41) is 0. The van der Waals surface area contributed by atoms with Gasteiger partial charge in [0, 0.05) is 6.42 Å². The van der Waals surface area contributed by atoms with Gasteiger partial charge in [-0.3, -0.25) is 0 Å². The van der Waals surface area contributed by atoms with E-state index in [1.165, 1.54) is 11.1 Å². The molecular weight excluding hydrogens is 262 g/mol. The third-order valence-electron chi connectivity index (χ3n) is 3.90. The van der Waals surface area contributed by atoms with Crippen molar-refractivity contribution in [2.24, 2.45) is 5.73 Å². The summed E-state index contributed by atoms with van der Waals surface area (Å²) in [5.41, 5.74) is 9.99. The first kappa shape index (κ1) is 14.0. The van der Waals surface area contributed by atoms with Crippen molar-refractivity contribution in [1.29, 1.82) is 0 Å². The maximum Gasteiger partial charge on any atom is 0.161 e. The molecule has 1 unspecified atom stereocenters. The number of rotatable bonds is 3. The fourth-order valence-electron chi connectivity index (χ4n) is 2.71. The molecule has 3 heteroatoms. The summed E-state index contributed by atoms with van der Waals surface area (Å²) in [5.74, 6) is 1.61. The molecule has 0 aromatic heterocycles. The van der Waals surface area contributed by atoms with Crippen LogP contribution in [-0.2, 0) is 6.42 Å². The maximum atomic E-state index is 6.47. The Labute approximate surface area is 125 Å². The zero-order chi connectivity index (χ0) is 14.7. The topological polar surface area (TPSA) is 44.5 Å². The first-order valence-electron chi connectivity index (χ1n) is 7.52. The number of ether oxygens (including phenoxy) is 2. The van der Waals surface area contributed by atoms with Gasteiger partial charge in [0.15, 0.2) is 11.5 Å². The van der Waals surface area contributed by atoms with Gasteiger partial charge in [-0.2, -0.15) is 0 Å². The lowest BCUT2D eigenvalue weighted by atomic mass is 9.94. The number of nitrogens with two attached hydrogens (primary N) is 1. The molecule has 3 rings (SSSR count). The Balaban J connectivity index is 1.94. The van der Waals surface area contributed by atoms with Crippen molar-refractivity contribution in [3.8, 4) is 11.5 Å². The zero-order valence-electron chi connectivity index (χ0n) is 12.3. The fraction of sp³-hybridized carbons (Fsp3) is 0.333. The van der Waals surface area contributed by atoms with E-state index in [4.69, 9.17) is 15.2 Å². The van der Waals surface area contributed by atoms with Crippen molar-refractivity contribution in [3.05, 3.63) is 59.2 Å². The molecule has 2 N–H and O–H groups in total. The van der Waals surface area contributed by atoms with Gasteiger partial charge in [-0.15, -0.1) is 0 Å². The summed E-state index contributed by atoms with van der Waals surface area (Å²) in [6.07, 6.45) is 1.89. The second kappa shape index (κ2) is 6.19. The Morgan fingerprint density at radius 2 is 1.81 bits per heavy atom. The minimum Gasteiger partial charge on any atom is -0.490 e. The smallest absolute Gasteiger partial charge is 0.161 e. The van der Waals surface area contributed by atoms with Crippen LogP contribution < -0.4 is 15.2 Å². The SMILES string of the molecule is CCc1ccccc1C(N)c1ccc2c(c1)OCCCO2. The predicted octanol–water partition coefficient (Wildman–Crippen LogP) is 3.46. The maximum absolute atomic E-state index is 6.47. The van der Waals surface area contributed by atoms with Gasteiger partial charge in [-0.05, 0) is 35.2 Å². The first-order chi connectivity index (χ1) is 10.3. The molecule has 3 nitrogen and oxygen atoms in total. The Bertz CT molecular complexity index is 624.